The van der Waals surface area contributed by atoms with Gasteiger partial charge in [-0.1, -0.05) is 13.3 Å². The molecule has 1 heterocycles. The molecule has 0 aromatic heterocycles. The molecule has 2 heteroatoms. The van der Waals surface area contributed by atoms with Gasteiger partial charge in [-0.2, -0.15) is 0 Å². The van der Waals surface area contributed by atoms with Crippen LogP contribution in [0.1, 0.15) is 32.6 Å². The van der Waals surface area contributed by atoms with Gasteiger partial charge in [-0.05, 0) is 38.3 Å². The molecule has 0 spiro atoms. The summed E-state index contributed by atoms with van der Waals surface area (Å²) in [5, 5.41) is 11.1. The Morgan fingerprint density at radius 2 is 2.09 bits per heavy atom. The summed E-state index contributed by atoms with van der Waals surface area (Å²) in [6.07, 6.45) is 4.49. The molecule has 1 rings (SSSR count). The Hall–Kier alpha value is -0.370. The first kappa shape index (κ1) is 8.72. The molecule has 0 amide bonds. The highest BCUT2D eigenvalue weighted by Crippen LogP contribution is 2.15. The van der Waals surface area contributed by atoms with E-state index in [0.29, 0.717) is 5.92 Å². The highest BCUT2D eigenvalue weighted by atomic mass is 14.9. The van der Waals surface area contributed by atoms with E-state index >= 15 is 0 Å². The molecular weight excluding hydrogens is 136 g/mol. The second-order valence-corrected chi connectivity index (χ2v) is 3.30. The Kier molecular flexibility index (Phi) is 3.57. The van der Waals surface area contributed by atoms with E-state index < -0.39 is 0 Å². The molecule has 0 bridgehead atoms. The molecule has 0 atom stereocenters. The van der Waals surface area contributed by atoms with Gasteiger partial charge in [0.2, 0.25) is 0 Å². The molecule has 0 saturated carbocycles. The van der Waals surface area contributed by atoms with Crippen molar-refractivity contribution in [1.29, 1.82) is 5.41 Å². The van der Waals surface area contributed by atoms with Crippen LogP contribution in [0.3, 0.4) is 0 Å². The molecule has 1 saturated heterocycles. The lowest BCUT2D eigenvalue weighted by atomic mass is 9.91. The Morgan fingerprint density at radius 1 is 1.45 bits per heavy atom. The first-order valence-corrected chi connectivity index (χ1v) is 4.62. The summed E-state index contributed by atoms with van der Waals surface area (Å²) in [6.45, 7) is 4.36. The lowest BCUT2D eigenvalue weighted by Gasteiger charge is -2.22. The zero-order valence-electron chi connectivity index (χ0n) is 7.32. The van der Waals surface area contributed by atoms with Gasteiger partial charge in [-0.3, -0.25) is 0 Å². The zero-order chi connectivity index (χ0) is 8.10. The largest absolute Gasteiger partial charge is 0.317 e. The topological polar surface area (TPSA) is 35.9 Å². The molecule has 0 unspecified atom stereocenters. The summed E-state index contributed by atoms with van der Waals surface area (Å²) < 4.78 is 0. The monoisotopic (exact) mass is 154 g/mol. The fraction of sp³-hybridized carbons (Fsp3) is 0.889. The predicted octanol–water partition coefficient (Wildman–Crippen LogP) is 1.81. The van der Waals surface area contributed by atoms with Gasteiger partial charge in [0, 0.05) is 5.71 Å². The summed E-state index contributed by atoms with van der Waals surface area (Å²) in [5.74, 6) is 0.594. The van der Waals surface area contributed by atoms with E-state index in [-0.39, 0.29) is 0 Å². The van der Waals surface area contributed by atoms with Crippen molar-refractivity contribution in [1.82, 2.24) is 5.32 Å². The summed E-state index contributed by atoms with van der Waals surface area (Å²) >= 11 is 0. The molecule has 0 aromatic rings. The van der Waals surface area contributed by atoms with Crippen LogP contribution < -0.4 is 5.32 Å². The molecule has 0 aliphatic carbocycles. The Balaban J connectivity index is 2.27. The van der Waals surface area contributed by atoms with Gasteiger partial charge in [-0.15, -0.1) is 0 Å². The fourth-order valence-corrected chi connectivity index (χ4v) is 1.64. The van der Waals surface area contributed by atoms with Gasteiger partial charge in [-0.25, -0.2) is 0 Å². The number of piperidine rings is 1. The molecular formula is C9H18N2. The third-order valence-electron chi connectivity index (χ3n) is 2.35. The zero-order valence-corrected chi connectivity index (χ0v) is 7.32. The van der Waals surface area contributed by atoms with E-state index in [0.717, 1.165) is 31.6 Å². The van der Waals surface area contributed by atoms with E-state index in [1.807, 2.05) is 0 Å². The van der Waals surface area contributed by atoms with E-state index in [2.05, 4.69) is 12.2 Å². The first-order chi connectivity index (χ1) is 5.34. The van der Waals surface area contributed by atoms with Crippen LogP contribution in [0, 0.1) is 11.3 Å². The van der Waals surface area contributed by atoms with Gasteiger partial charge >= 0.3 is 0 Å². The Morgan fingerprint density at radius 3 is 2.64 bits per heavy atom. The maximum absolute atomic E-state index is 7.76. The maximum atomic E-state index is 7.76. The second kappa shape index (κ2) is 4.50. The normalized spacial score (nSPS) is 20.1. The highest BCUT2D eigenvalue weighted by Gasteiger charge is 2.16. The molecule has 2 nitrogen and oxygen atoms in total. The van der Waals surface area contributed by atoms with E-state index in [1.165, 1.54) is 12.8 Å². The molecule has 0 radical (unpaired) electrons. The van der Waals surface area contributed by atoms with E-state index in [4.69, 9.17) is 5.41 Å². The van der Waals surface area contributed by atoms with Crippen LogP contribution in [0.4, 0.5) is 0 Å². The van der Waals surface area contributed by atoms with Crippen molar-refractivity contribution in [3.05, 3.63) is 0 Å². The van der Waals surface area contributed by atoms with Gasteiger partial charge in [0.1, 0.15) is 0 Å². The lowest BCUT2D eigenvalue weighted by molar-refractivity contribution is 0.450. The van der Waals surface area contributed by atoms with Crippen LogP contribution >= 0.6 is 0 Å². The third-order valence-corrected chi connectivity index (χ3v) is 2.35. The van der Waals surface area contributed by atoms with Crippen molar-refractivity contribution >= 4 is 5.71 Å². The van der Waals surface area contributed by atoms with Crippen molar-refractivity contribution < 1.29 is 0 Å². The van der Waals surface area contributed by atoms with Crippen LogP contribution in [-0.4, -0.2) is 18.8 Å². The smallest absolute Gasteiger partial charge is 0.0121 e. The van der Waals surface area contributed by atoms with Crippen molar-refractivity contribution in [2.75, 3.05) is 13.1 Å². The van der Waals surface area contributed by atoms with Gasteiger partial charge in [0.05, 0.1) is 0 Å². The van der Waals surface area contributed by atoms with Gasteiger partial charge in [0.15, 0.2) is 0 Å². The summed E-state index contributed by atoms with van der Waals surface area (Å²) in [4.78, 5) is 0. The van der Waals surface area contributed by atoms with Gasteiger partial charge in [0.25, 0.3) is 0 Å². The van der Waals surface area contributed by atoms with E-state index in [1.54, 1.807) is 0 Å². The molecule has 0 aromatic carbocycles. The number of hydrogen-bond acceptors (Lipinski definition) is 2. The number of rotatable bonds is 3. The van der Waals surface area contributed by atoms with Gasteiger partial charge < -0.3 is 10.7 Å². The van der Waals surface area contributed by atoms with Crippen LogP contribution in [0.2, 0.25) is 0 Å². The quantitative estimate of drug-likeness (QED) is 0.597. The summed E-state index contributed by atoms with van der Waals surface area (Å²) in [5.41, 5.74) is 0.981. The fourth-order valence-electron chi connectivity index (χ4n) is 1.64. The lowest BCUT2D eigenvalue weighted by Crippen LogP contribution is -2.31. The molecule has 64 valence electrons. The second-order valence-electron chi connectivity index (χ2n) is 3.30. The number of nitrogens with one attached hydrogen (secondary N) is 2. The highest BCUT2D eigenvalue weighted by molar-refractivity contribution is 5.83. The maximum Gasteiger partial charge on any atom is 0.0121 e. The molecule has 11 heavy (non-hydrogen) atoms. The van der Waals surface area contributed by atoms with Crippen LogP contribution in [0.5, 0.6) is 0 Å². The average Bonchev–Trinajstić information content (AvgIpc) is 2.07. The summed E-state index contributed by atoms with van der Waals surface area (Å²) in [7, 11) is 0. The molecule has 1 aliphatic heterocycles. The van der Waals surface area contributed by atoms with Crippen molar-refractivity contribution in [3.63, 3.8) is 0 Å². The Bertz CT molecular complexity index is 126. The standard InChI is InChI=1S/C9H18N2/c1-2-3-9(10)8-4-6-11-7-5-8/h8,10-11H,2-7H2,1H3. The molecule has 2 N–H and O–H groups in total. The van der Waals surface area contributed by atoms with Crippen LogP contribution in [0.25, 0.3) is 0 Å². The minimum atomic E-state index is 0.594. The van der Waals surface area contributed by atoms with Crippen molar-refractivity contribution in [2.24, 2.45) is 5.92 Å². The van der Waals surface area contributed by atoms with E-state index in [9.17, 15) is 0 Å². The molecule has 1 aliphatic rings. The first-order valence-electron chi connectivity index (χ1n) is 4.62. The average molecular weight is 154 g/mol. The third kappa shape index (κ3) is 2.62. The van der Waals surface area contributed by atoms with Crippen LogP contribution in [0.15, 0.2) is 0 Å². The Labute approximate surface area is 68.9 Å². The minimum absolute atomic E-state index is 0.594. The van der Waals surface area contributed by atoms with Crippen molar-refractivity contribution in [3.8, 4) is 0 Å². The SMILES string of the molecule is CCCC(=N)C1CCNCC1. The number of hydrogen-bond donors (Lipinski definition) is 2. The van der Waals surface area contributed by atoms with Crippen LogP contribution in [-0.2, 0) is 0 Å². The predicted molar refractivity (Wildman–Crippen MR) is 48.2 cm³/mol. The molecule has 1 fully saturated rings. The summed E-state index contributed by atoms with van der Waals surface area (Å²) in [6, 6.07) is 0. The van der Waals surface area contributed by atoms with Crippen molar-refractivity contribution in [2.45, 2.75) is 32.6 Å². The minimum Gasteiger partial charge on any atom is -0.317 e.